The second kappa shape index (κ2) is 14.8. The van der Waals surface area contributed by atoms with Gasteiger partial charge in [0.25, 0.3) is 0 Å². The third kappa shape index (κ3) is 5.93. The highest BCUT2D eigenvalue weighted by atomic mass is 14.8. The molecule has 1 spiro atoms. The van der Waals surface area contributed by atoms with Crippen LogP contribution in [0, 0.1) is 141 Å². The number of fused-ring (bicyclic) bond motifs is 13. The summed E-state index contributed by atoms with van der Waals surface area (Å²) in [5.41, 5.74) is 1.78. The number of rotatable bonds is 3. The number of hydrogen-bond donors (Lipinski definition) is 0. The Hall–Kier alpha value is 0. The van der Waals surface area contributed by atoms with Gasteiger partial charge in [0.2, 0.25) is 0 Å². The van der Waals surface area contributed by atoms with E-state index in [9.17, 15) is 0 Å². The molecule has 11 fully saturated rings. The van der Waals surface area contributed by atoms with Crippen LogP contribution in [0.4, 0.5) is 0 Å². The van der Waals surface area contributed by atoms with E-state index in [-0.39, 0.29) is 0 Å². The first-order chi connectivity index (χ1) is 27.5. The van der Waals surface area contributed by atoms with Gasteiger partial charge in [-0.1, -0.05) is 145 Å². The van der Waals surface area contributed by atoms with E-state index in [0.717, 1.165) is 130 Å². The van der Waals surface area contributed by atoms with E-state index in [2.05, 4.69) is 48.5 Å². The second-order valence-electron chi connectivity index (χ2n) is 27.3. The molecule has 17 atom stereocenters. The minimum absolute atomic E-state index is 0.493. The zero-order chi connectivity index (χ0) is 39.0. The van der Waals surface area contributed by atoms with Gasteiger partial charge in [-0.3, -0.25) is 0 Å². The number of hydrogen-bond acceptors (Lipinski definition) is 0. The standard InChI is InChI=1S/C57H94/c1-34-31-39-23-26-43-50-45(56(6,7)54(43)44(39)32-35(34)2)29-30-47-51(50)49-42-27-25-41(55(3,4)5)33-40(42)24-28-46(49)57(47)52(37-19-13-9-14-20-37)48(36-17-11-8-12-18-36)53(57)38-21-15-10-16-22-38/h34-54H,8-33H2,1-7H3. The molecule has 0 heteroatoms. The summed E-state index contributed by atoms with van der Waals surface area (Å²) in [6, 6.07) is 0. The van der Waals surface area contributed by atoms with Gasteiger partial charge in [-0.2, -0.15) is 0 Å². The molecule has 17 unspecified atom stereocenters. The summed E-state index contributed by atoms with van der Waals surface area (Å²) >= 11 is 0. The fourth-order valence-electron chi connectivity index (χ4n) is 22.8. The van der Waals surface area contributed by atoms with Crippen LogP contribution in [0.3, 0.4) is 0 Å². The Morgan fingerprint density at radius 3 is 1.49 bits per heavy atom. The highest BCUT2D eigenvalue weighted by molar-refractivity contribution is 5.27. The molecule has 0 aromatic rings. The Kier molecular flexibility index (Phi) is 10.3. The third-order valence-electron chi connectivity index (χ3n) is 24.5. The molecular formula is C57H94. The monoisotopic (exact) mass is 779 g/mol. The van der Waals surface area contributed by atoms with E-state index in [1.54, 1.807) is 167 Å². The highest BCUT2D eigenvalue weighted by Crippen LogP contribution is 2.85. The molecule has 0 amide bonds. The third-order valence-corrected chi connectivity index (χ3v) is 24.5. The van der Waals surface area contributed by atoms with E-state index in [0.29, 0.717) is 10.8 Å². The van der Waals surface area contributed by atoms with Crippen LogP contribution in [0.25, 0.3) is 0 Å². The molecule has 11 aliphatic carbocycles. The molecule has 11 saturated carbocycles. The fourth-order valence-corrected chi connectivity index (χ4v) is 22.8. The van der Waals surface area contributed by atoms with Crippen LogP contribution in [0.1, 0.15) is 215 Å². The molecule has 0 aromatic heterocycles. The van der Waals surface area contributed by atoms with Gasteiger partial charge < -0.3 is 0 Å². The van der Waals surface area contributed by atoms with Crippen LogP contribution < -0.4 is 0 Å². The van der Waals surface area contributed by atoms with Crippen molar-refractivity contribution >= 4 is 0 Å². The van der Waals surface area contributed by atoms with Crippen molar-refractivity contribution in [2.75, 3.05) is 0 Å². The van der Waals surface area contributed by atoms with Crippen molar-refractivity contribution in [3.05, 3.63) is 0 Å². The maximum absolute atomic E-state index is 2.92. The summed E-state index contributed by atoms with van der Waals surface area (Å²) in [4.78, 5) is 0. The highest BCUT2D eigenvalue weighted by Gasteiger charge is 2.80. The first-order valence-electron chi connectivity index (χ1n) is 27.5. The van der Waals surface area contributed by atoms with Crippen molar-refractivity contribution in [2.45, 2.75) is 215 Å². The van der Waals surface area contributed by atoms with Crippen LogP contribution in [0.15, 0.2) is 0 Å². The minimum Gasteiger partial charge on any atom is -0.0622 e. The van der Waals surface area contributed by atoms with E-state index >= 15 is 0 Å². The van der Waals surface area contributed by atoms with Crippen molar-refractivity contribution in [1.29, 1.82) is 0 Å². The van der Waals surface area contributed by atoms with Crippen LogP contribution in [-0.4, -0.2) is 0 Å². The van der Waals surface area contributed by atoms with Gasteiger partial charge in [0.1, 0.15) is 0 Å². The lowest BCUT2D eigenvalue weighted by molar-refractivity contribution is -0.261. The summed E-state index contributed by atoms with van der Waals surface area (Å²) in [7, 11) is 0. The van der Waals surface area contributed by atoms with E-state index in [4.69, 9.17) is 0 Å². The fraction of sp³-hybridized carbons (Fsp3) is 1.00. The molecule has 11 rings (SSSR count). The molecule has 322 valence electrons. The Morgan fingerprint density at radius 1 is 0.368 bits per heavy atom. The van der Waals surface area contributed by atoms with Gasteiger partial charge in [0.15, 0.2) is 0 Å². The Labute approximate surface area is 354 Å². The van der Waals surface area contributed by atoms with Crippen LogP contribution in [-0.2, 0) is 0 Å². The lowest BCUT2D eigenvalue weighted by Crippen LogP contribution is -2.69. The molecule has 0 N–H and O–H groups in total. The molecule has 0 nitrogen and oxygen atoms in total. The first kappa shape index (κ1) is 39.8. The average Bonchev–Trinajstić information content (AvgIpc) is 3.65. The minimum atomic E-state index is 0.493. The second-order valence-corrected chi connectivity index (χ2v) is 27.3. The molecule has 0 aromatic carbocycles. The Morgan fingerprint density at radius 2 is 0.860 bits per heavy atom. The molecule has 0 saturated heterocycles. The molecule has 11 aliphatic rings. The van der Waals surface area contributed by atoms with Gasteiger partial charge in [0.05, 0.1) is 0 Å². The van der Waals surface area contributed by atoms with Gasteiger partial charge in [-0.25, -0.2) is 0 Å². The predicted molar refractivity (Wildman–Crippen MR) is 240 cm³/mol. The van der Waals surface area contributed by atoms with Crippen molar-refractivity contribution in [2.24, 2.45) is 141 Å². The van der Waals surface area contributed by atoms with E-state index in [1.165, 1.54) is 0 Å². The SMILES string of the molecule is CC1CC2CCC3C4C5C6C7CCC(C(C)(C)C)CC7CCC6C6(C5CCC4C(C)(C)C3C2CC1C)C(C1CCCCC1)C(C1CCCCC1)C6C1CCCCC1. The van der Waals surface area contributed by atoms with Crippen molar-refractivity contribution < 1.29 is 0 Å². The summed E-state index contributed by atoms with van der Waals surface area (Å²) in [6.07, 6.45) is 41.6. The Bertz CT molecular complexity index is 1380. The maximum Gasteiger partial charge on any atom is -0.0168 e. The summed E-state index contributed by atoms with van der Waals surface area (Å²) in [5, 5.41) is 0. The van der Waals surface area contributed by atoms with Crippen LogP contribution in [0.2, 0.25) is 0 Å². The zero-order valence-corrected chi connectivity index (χ0v) is 39.0. The van der Waals surface area contributed by atoms with E-state index < -0.39 is 0 Å². The quantitative estimate of drug-likeness (QED) is 0.268. The van der Waals surface area contributed by atoms with Crippen molar-refractivity contribution in [3.63, 3.8) is 0 Å². The molecule has 0 bridgehead atoms. The zero-order valence-electron chi connectivity index (χ0n) is 39.0. The molecule has 0 heterocycles. The molecule has 57 heavy (non-hydrogen) atoms. The summed E-state index contributed by atoms with van der Waals surface area (Å²) < 4.78 is 0. The summed E-state index contributed by atoms with van der Waals surface area (Å²) in [5.74, 6) is 22.4. The van der Waals surface area contributed by atoms with E-state index in [1.807, 2.05) is 0 Å². The smallest absolute Gasteiger partial charge is 0.0168 e. The lowest BCUT2D eigenvalue weighted by Gasteiger charge is -2.73. The average molecular weight is 779 g/mol. The van der Waals surface area contributed by atoms with Crippen LogP contribution in [0.5, 0.6) is 0 Å². The Balaban J connectivity index is 1.06. The largest absolute Gasteiger partial charge is 0.0622 e. The topological polar surface area (TPSA) is 0 Å². The first-order valence-corrected chi connectivity index (χ1v) is 27.5. The van der Waals surface area contributed by atoms with Gasteiger partial charge in [-0.15, -0.1) is 0 Å². The van der Waals surface area contributed by atoms with Crippen LogP contribution >= 0.6 is 0 Å². The molecule has 0 radical (unpaired) electrons. The maximum atomic E-state index is 2.92. The van der Waals surface area contributed by atoms with Gasteiger partial charge >= 0.3 is 0 Å². The van der Waals surface area contributed by atoms with Gasteiger partial charge in [0, 0.05) is 0 Å². The normalized spacial score (nSPS) is 54.2. The summed E-state index contributed by atoms with van der Waals surface area (Å²) in [6.45, 7) is 19.0. The molecule has 0 aliphatic heterocycles. The van der Waals surface area contributed by atoms with Gasteiger partial charge in [-0.05, 0) is 211 Å². The van der Waals surface area contributed by atoms with Crippen molar-refractivity contribution in [1.82, 2.24) is 0 Å². The van der Waals surface area contributed by atoms with Crippen molar-refractivity contribution in [3.8, 4) is 0 Å². The lowest BCUT2D eigenvalue weighted by atomic mass is 9.31. The predicted octanol–water partition coefficient (Wildman–Crippen LogP) is 16.3. The molecular weight excluding hydrogens is 685 g/mol.